The molecule has 0 amide bonds. The van der Waals surface area contributed by atoms with Gasteiger partial charge < -0.3 is 4.90 Å². The molecule has 1 aromatic carbocycles. The lowest BCUT2D eigenvalue weighted by molar-refractivity contribution is 0.0881. The molecule has 1 heterocycles. The van der Waals surface area contributed by atoms with Crippen molar-refractivity contribution < 1.29 is 0 Å². The van der Waals surface area contributed by atoms with Gasteiger partial charge in [0, 0.05) is 25.7 Å². The molecule has 3 nitrogen and oxygen atoms in total. The molecular formula is C18H27N3. The number of hydrogen-bond acceptors (Lipinski definition) is 3. The van der Waals surface area contributed by atoms with Crippen LogP contribution in [0.5, 0.6) is 0 Å². The van der Waals surface area contributed by atoms with Crippen LogP contribution in [0.3, 0.4) is 0 Å². The van der Waals surface area contributed by atoms with Crippen LogP contribution < -0.4 is 0 Å². The second kappa shape index (κ2) is 6.17. The zero-order valence-electron chi connectivity index (χ0n) is 13.9. The van der Waals surface area contributed by atoms with Crippen molar-refractivity contribution in [2.24, 2.45) is 0 Å². The van der Waals surface area contributed by atoms with Crippen LogP contribution in [0, 0.1) is 11.3 Å². The van der Waals surface area contributed by atoms with Gasteiger partial charge in [-0.1, -0.05) is 45.0 Å². The van der Waals surface area contributed by atoms with E-state index in [9.17, 15) is 5.26 Å². The molecule has 1 saturated heterocycles. The average Bonchev–Trinajstić information content (AvgIpc) is 2.43. The summed E-state index contributed by atoms with van der Waals surface area (Å²) in [7, 11) is 2.15. The molecule has 0 saturated carbocycles. The Bertz CT molecular complexity index is 507. The van der Waals surface area contributed by atoms with Gasteiger partial charge in [0.05, 0.1) is 6.07 Å². The largest absolute Gasteiger partial charge is 0.301 e. The first-order valence-corrected chi connectivity index (χ1v) is 7.77. The monoisotopic (exact) mass is 285 g/mol. The molecule has 114 valence electrons. The van der Waals surface area contributed by atoms with Crippen molar-refractivity contribution in [3.63, 3.8) is 0 Å². The molecule has 3 heteroatoms. The molecule has 1 aromatic rings. The van der Waals surface area contributed by atoms with Crippen molar-refractivity contribution >= 4 is 0 Å². The summed E-state index contributed by atoms with van der Waals surface area (Å²) in [5.74, 6) is 0. The van der Waals surface area contributed by atoms with Crippen LogP contribution in [-0.2, 0) is 5.41 Å². The van der Waals surface area contributed by atoms with Gasteiger partial charge in [0.2, 0.25) is 0 Å². The lowest BCUT2D eigenvalue weighted by atomic mass is 9.86. The summed E-state index contributed by atoms with van der Waals surface area (Å²) in [5, 5.41) is 9.61. The lowest BCUT2D eigenvalue weighted by Crippen LogP contribution is -2.50. The molecule has 0 N–H and O–H groups in total. The molecule has 2 rings (SSSR count). The lowest BCUT2D eigenvalue weighted by Gasteiger charge is -2.39. The van der Waals surface area contributed by atoms with Gasteiger partial charge in [-0.05, 0) is 30.5 Å². The number of piperazine rings is 1. The Hall–Kier alpha value is -1.37. The van der Waals surface area contributed by atoms with Gasteiger partial charge in [0.15, 0.2) is 0 Å². The summed E-state index contributed by atoms with van der Waals surface area (Å²) in [4.78, 5) is 4.66. The molecule has 0 radical (unpaired) electrons. The first kappa shape index (κ1) is 16.0. The molecule has 0 bridgehead atoms. The number of nitriles is 1. The summed E-state index contributed by atoms with van der Waals surface area (Å²) in [6.07, 6.45) is 0. The minimum atomic E-state index is -0.129. The Kier molecular flexibility index (Phi) is 4.70. The fourth-order valence-corrected chi connectivity index (χ4v) is 2.84. The fourth-order valence-electron chi connectivity index (χ4n) is 2.84. The minimum Gasteiger partial charge on any atom is -0.301 e. The SMILES string of the molecule is CC1CN(C(C#N)c2ccc(C(C)(C)C)cc2)CCN1C. The second-order valence-corrected chi connectivity index (χ2v) is 7.23. The van der Waals surface area contributed by atoms with Crippen LogP contribution >= 0.6 is 0 Å². The van der Waals surface area contributed by atoms with Gasteiger partial charge in [-0.15, -0.1) is 0 Å². The molecule has 1 aliphatic heterocycles. The van der Waals surface area contributed by atoms with E-state index in [1.807, 2.05) is 0 Å². The molecule has 21 heavy (non-hydrogen) atoms. The van der Waals surface area contributed by atoms with Gasteiger partial charge in [0.1, 0.15) is 6.04 Å². The van der Waals surface area contributed by atoms with Gasteiger partial charge in [0.25, 0.3) is 0 Å². The molecule has 0 spiro atoms. The highest BCUT2D eigenvalue weighted by Gasteiger charge is 2.27. The number of hydrogen-bond donors (Lipinski definition) is 0. The summed E-state index contributed by atoms with van der Waals surface area (Å²) in [6.45, 7) is 11.8. The Morgan fingerprint density at radius 1 is 1.19 bits per heavy atom. The normalized spacial score (nSPS) is 22.8. The van der Waals surface area contributed by atoms with Gasteiger partial charge in [-0.2, -0.15) is 5.26 Å². The van der Waals surface area contributed by atoms with Gasteiger partial charge in [-0.3, -0.25) is 4.90 Å². The summed E-state index contributed by atoms with van der Waals surface area (Å²) < 4.78 is 0. The molecule has 1 fully saturated rings. The first-order chi connectivity index (χ1) is 9.82. The topological polar surface area (TPSA) is 30.3 Å². The van der Waals surface area contributed by atoms with Crippen molar-refractivity contribution in [2.45, 2.75) is 45.2 Å². The van der Waals surface area contributed by atoms with Crippen LogP contribution in [-0.4, -0.2) is 42.5 Å². The molecule has 2 unspecified atom stereocenters. The predicted molar refractivity (Wildman–Crippen MR) is 87.2 cm³/mol. The Morgan fingerprint density at radius 2 is 1.81 bits per heavy atom. The number of rotatable bonds is 2. The molecule has 0 aromatic heterocycles. The molecular weight excluding hydrogens is 258 g/mol. The summed E-state index contributed by atoms with van der Waals surface area (Å²) in [5.41, 5.74) is 2.58. The van der Waals surface area contributed by atoms with E-state index in [1.165, 1.54) is 5.56 Å². The summed E-state index contributed by atoms with van der Waals surface area (Å²) >= 11 is 0. The van der Waals surface area contributed by atoms with Crippen LogP contribution in [0.4, 0.5) is 0 Å². The third-order valence-electron chi connectivity index (χ3n) is 4.57. The molecule has 2 atom stereocenters. The van der Waals surface area contributed by atoms with E-state index in [4.69, 9.17) is 0 Å². The number of benzene rings is 1. The maximum absolute atomic E-state index is 9.61. The minimum absolute atomic E-state index is 0.129. The van der Waals surface area contributed by atoms with Crippen LogP contribution in [0.1, 0.15) is 44.9 Å². The quantitative estimate of drug-likeness (QED) is 0.836. The Morgan fingerprint density at radius 3 is 2.29 bits per heavy atom. The second-order valence-electron chi connectivity index (χ2n) is 7.23. The van der Waals surface area contributed by atoms with Crippen molar-refractivity contribution in [3.05, 3.63) is 35.4 Å². The Balaban J connectivity index is 2.17. The maximum atomic E-state index is 9.61. The van der Waals surface area contributed by atoms with E-state index in [0.717, 1.165) is 25.2 Å². The van der Waals surface area contributed by atoms with Gasteiger partial charge in [-0.25, -0.2) is 0 Å². The van der Waals surface area contributed by atoms with Crippen LogP contribution in [0.25, 0.3) is 0 Å². The fraction of sp³-hybridized carbons (Fsp3) is 0.611. The maximum Gasteiger partial charge on any atom is 0.123 e. The number of likely N-dealkylation sites (N-methyl/N-ethyl adjacent to an activating group) is 1. The Labute approximate surface area is 129 Å². The smallest absolute Gasteiger partial charge is 0.123 e. The highest BCUT2D eigenvalue weighted by molar-refractivity contribution is 5.31. The third-order valence-corrected chi connectivity index (χ3v) is 4.57. The van der Waals surface area contributed by atoms with Gasteiger partial charge >= 0.3 is 0 Å². The van der Waals surface area contributed by atoms with Crippen LogP contribution in [0.15, 0.2) is 24.3 Å². The number of nitrogens with zero attached hydrogens (tertiary/aromatic N) is 3. The molecule has 0 aliphatic carbocycles. The average molecular weight is 285 g/mol. The molecule has 1 aliphatic rings. The van der Waals surface area contributed by atoms with E-state index in [1.54, 1.807) is 0 Å². The first-order valence-electron chi connectivity index (χ1n) is 7.77. The highest BCUT2D eigenvalue weighted by Crippen LogP contribution is 2.27. The highest BCUT2D eigenvalue weighted by atomic mass is 15.3. The zero-order chi connectivity index (χ0) is 15.6. The van der Waals surface area contributed by atoms with E-state index < -0.39 is 0 Å². The zero-order valence-corrected chi connectivity index (χ0v) is 13.9. The van der Waals surface area contributed by atoms with Crippen LogP contribution in [0.2, 0.25) is 0 Å². The van der Waals surface area contributed by atoms with Crippen molar-refractivity contribution in [2.75, 3.05) is 26.7 Å². The van der Waals surface area contributed by atoms with E-state index in [2.05, 4.69) is 74.9 Å². The van der Waals surface area contributed by atoms with Crippen molar-refractivity contribution in [1.82, 2.24) is 9.80 Å². The standard InChI is InChI=1S/C18H27N3/c1-14-13-21(11-10-20(14)5)17(12-19)15-6-8-16(9-7-15)18(2,3)4/h6-9,14,17H,10-11,13H2,1-5H3. The van der Waals surface area contributed by atoms with Crippen molar-refractivity contribution in [3.8, 4) is 6.07 Å². The van der Waals surface area contributed by atoms with E-state index >= 15 is 0 Å². The van der Waals surface area contributed by atoms with E-state index in [0.29, 0.717) is 6.04 Å². The van der Waals surface area contributed by atoms with Crippen molar-refractivity contribution in [1.29, 1.82) is 5.26 Å². The summed E-state index contributed by atoms with van der Waals surface area (Å²) in [6, 6.07) is 11.4. The van der Waals surface area contributed by atoms with E-state index in [-0.39, 0.29) is 11.5 Å². The predicted octanol–water partition coefficient (Wildman–Crippen LogP) is 3.18. The third kappa shape index (κ3) is 3.64.